The van der Waals surface area contributed by atoms with E-state index in [1.54, 1.807) is 14.2 Å². The van der Waals surface area contributed by atoms with Crippen LogP contribution >= 0.6 is 0 Å². The maximum atomic E-state index is 11.1. The molecule has 10 heteroatoms. The molecule has 2 aromatic rings. The fraction of sp³-hybridized carbons (Fsp3) is 0.636. The fourth-order valence-electron chi connectivity index (χ4n) is 4.18. The Balaban J connectivity index is 1.90. The van der Waals surface area contributed by atoms with Crippen LogP contribution in [0.25, 0.3) is 10.9 Å². The molecule has 0 radical (unpaired) electrons. The van der Waals surface area contributed by atoms with Crippen molar-refractivity contribution in [2.24, 2.45) is 11.1 Å². The van der Waals surface area contributed by atoms with Gasteiger partial charge in [0, 0.05) is 37.0 Å². The zero-order valence-corrected chi connectivity index (χ0v) is 20.2. The molecule has 0 aliphatic carbocycles. The standard InChI is InChI=1S/C22H35N5O4S/c1-5-7-8-16(6-2)21-25-18-12-20(31-4)19(30-3)11-17(18)22(26-21)27-13-15(14-27)9-10-24-32(23,28)29/h11-12,15-16,24H,5-10,13-14H2,1-4H3,(H2,23,28,29). The third-order valence-electron chi connectivity index (χ3n) is 6.07. The molecular formula is C22H35N5O4S. The number of aromatic nitrogens is 2. The normalized spacial score (nSPS) is 15.6. The van der Waals surface area contributed by atoms with Crippen molar-refractivity contribution in [3.8, 4) is 11.5 Å². The molecule has 1 unspecified atom stereocenters. The SMILES string of the molecule is CCCCC(CC)c1nc(N2CC(CCNS(N)(=O)=O)C2)c2cc(OC)c(OC)cc2n1. The molecule has 1 aliphatic rings. The molecular weight excluding hydrogens is 430 g/mol. The third kappa shape index (κ3) is 5.79. The summed E-state index contributed by atoms with van der Waals surface area (Å²) in [7, 11) is -0.406. The van der Waals surface area contributed by atoms with Crippen LogP contribution in [0.2, 0.25) is 0 Å². The molecule has 2 heterocycles. The van der Waals surface area contributed by atoms with Crippen molar-refractivity contribution in [3.05, 3.63) is 18.0 Å². The van der Waals surface area contributed by atoms with Gasteiger partial charge in [-0.1, -0.05) is 26.7 Å². The molecule has 9 nitrogen and oxygen atoms in total. The van der Waals surface area contributed by atoms with Gasteiger partial charge >= 0.3 is 0 Å². The van der Waals surface area contributed by atoms with E-state index in [1.807, 2.05) is 12.1 Å². The van der Waals surface area contributed by atoms with E-state index in [1.165, 1.54) is 0 Å². The first-order valence-electron chi connectivity index (χ1n) is 11.3. The third-order valence-corrected chi connectivity index (χ3v) is 6.68. The van der Waals surface area contributed by atoms with E-state index < -0.39 is 10.2 Å². The number of methoxy groups -OCH3 is 2. The van der Waals surface area contributed by atoms with Crippen LogP contribution in [0.15, 0.2) is 12.1 Å². The predicted octanol–water partition coefficient (Wildman–Crippen LogP) is 2.95. The first-order valence-corrected chi connectivity index (χ1v) is 12.8. The number of hydrogen-bond acceptors (Lipinski definition) is 7. The highest BCUT2D eigenvalue weighted by molar-refractivity contribution is 7.87. The lowest BCUT2D eigenvalue weighted by molar-refractivity contribution is 0.355. The lowest BCUT2D eigenvalue weighted by Crippen LogP contribution is -2.48. The maximum Gasteiger partial charge on any atom is 0.274 e. The van der Waals surface area contributed by atoms with Crippen molar-refractivity contribution in [1.82, 2.24) is 14.7 Å². The summed E-state index contributed by atoms with van der Waals surface area (Å²) in [5.74, 6) is 3.74. The van der Waals surface area contributed by atoms with Gasteiger partial charge in [-0.2, -0.15) is 8.42 Å². The number of hydrogen-bond donors (Lipinski definition) is 2. The van der Waals surface area contributed by atoms with E-state index in [-0.39, 0.29) is 0 Å². The van der Waals surface area contributed by atoms with Gasteiger partial charge in [0.2, 0.25) is 0 Å². The van der Waals surface area contributed by atoms with Crippen LogP contribution in [-0.4, -0.2) is 52.2 Å². The first-order chi connectivity index (χ1) is 15.3. The second kappa shape index (κ2) is 10.6. The van der Waals surface area contributed by atoms with Gasteiger partial charge in [0.1, 0.15) is 11.6 Å². The number of anilines is 1. The molecule has 1 aromatic carbocycles. The molecule has 1 aliphatic heterocycles. The summed E-state index contributed by atoms with van der Waals surface area (Å²) in [4.78, 5) is 12.2. The minimum absolute atomic E-state index is 0.308. The molecule has 3 N–H and O–H groups in total. The van der Waals surface area contributed by atoms with Gasteiger partial charge in [-0.15, -0.1) is 0 Å². The van der Waals surface area contributed by atoms with Gasteiger partial charge in [0.05, 0.1) is 19.7 Å². The largest absolute Gasteiger partial charge is 0.493 e. The minimum Gasteiger partial charge on any atom is -0.493 e. The molecule has 1 saturated heterocycles. The van der Waals surface area contributed by atoms with Gasteiger partial charge in [0.15, 0.2) is 11.5 Å². The molecule has 0 bridgehead atoms. The van der Waals surface area contributed by atoms with Crippen LogP contribution in [0.4, 0.5) is 5.82 Å². The van der Waals surface area contributed by atoms with Crippen LogP contribution in [0, 0.1) is 5.92 Å². The summed E-state index contributed by atoms with van der Waals surface area (Å²) in [5, 5.41) is 5.95. The van der Waals surface area contributed by atoms with E-state index in [2.05, 4.69) is 23.5 Å². The predicted molar refractivity (Wildman–Crippen MR) is 127 cm³/mol. The number of nitrogens with zero attached hydrogens (tertiary/aromatic N) is 3. The molecule has 0 saturated carbocycles. The van der Waals surface area contributed by atoms with Crippen molar-refractivity contribution in [1.29, 1.82) is 0 Å². The van der Waals surface area contributed by atoms with E-state index in [9.17, 15) is 8.42 Å². The summed E-state index contributed by atoms with van der Waals surface area (Å²) in [6.07, 6.45) is 5.06. The Kier molecular flexibility index (Phi) is 8.13. The van der Waals surface area contributed by atoms with Crippen molar-refractivity contribution < 1.29 is 17.9 Å². The summed E-state index contributed by atoms with van der Waals surface area (Å²) in [6, 6.07) is 3.86. The molecule has 3 rings (SSSR count). The van der Waals surface area contributed by atoms with E-state index >= 15 is 0 Å². The monoisotopic (exact) mass is 465 g/mol. The Morgan fingerprint density at radius 3 is 2.47 bits per heavy atom. The molecule has 0 spiro atoms. The highest BCUT2D eigenvalue weighted by Crippen LogP contribution is 2.38. The van der Waals surface area contributed by atoms with Gasteiger partial charge in [-0.25, -0.2) is 19.8 Å². The summed E-state index contributed by atoms with van der Waals surface area (Å²) in [6.45, 7) is 6.32. The van der Waals surface area contributed by atoms with Crippen LogP contribution in [0.3, 0.4) is 0 Å². The summed E-state index contributed by atoms with van der Waals surface area (Å²) >= 11 is 0. The molecule has 1 aromatic heterocycles. The highest BCUT2D eigenvalue weighted by atomic mass is 32.2. The topological polar surface area (TPSA) is 120 Å². The number of nitrogens with one attached hydrogen (secondary N) is 1. The number of ether oxygens (including phenoxy) is 2. The van der Waals surface area contributed by atoms with Crippen molar-refractivity contribution in [2.75, 3.05) is 38.8 Å². The molecule has 178 valence electrons. The Morgan fingerprint density at radius 2 is 1.88 bits per heavy atom. The highest BCUT2D eigenvalue weighted by Gasteiger charge is 2.30. The van der Waals surface area contributed by atoms with Gasteiger partial charge < -0.3 is 14.4 Å². The van der Waals surface area contributed by atoms with Crippen molar-refractivity contribution in [2.45, 2.75) is 51.9 Å². The van der Waals surface area contributed by atoms with Crippen molar-refractivity contribution in [3.63, 3.8) is 0 Å². The second-order valence-corrected chi connectivity index (χ2v) is 9.75. The number of nitrogens with two attached hydrogens (primary N) is 1. The zero-order chi connectivity index (χ0) is 23.3. The quantitative estimate of drug-likeness (QED) is 0.494. The Labute approximate surface area is 190 Å². The average molecular weight is 466 g/mol. The van der Waals surface area contributed by atoms with Crippen LogP contribution in [0.1, 0.15) is 57.7 Å². The Bertz CT molecular complexity index is 1020. The van der Waals surface area contributed by atoms with Crippen LogP contribution in [0.5, 0.6) is 11.5 Å². The van der Waals surface area contributed by atoms with E-state index in [0.29, 0.717) is 29.9 Å². The number of rotatable bonds is 12. The van der Waals surface area contributed by atoms with E-state index in [0.717, 1.165) is 67.7 Å². The van der Waals surface area contributed by atoms with Crippen molar-refractivity contribution >= 4 is 26.9 Å². The number of unbranched alkanes of at least 4 members (excludes halogenated alkanes) is 1. The number of fused-ring (bicyclic) bond motifs is 1. The molecule has 1 atom stereocenters. The van der Waals surface area contributed by atoms with Crippen LogP contribution in [-0.2, 0) is 10.2 Å². The zero-order valence-electron chi connectivity index (χ0n) is 19.4. The van der Waals surface area contributed by atoms with Gasteiger partial charge in [-0.05, 0) is 31.2 Å². The second-order valence-electron chi connectivity index (χ2n) is 8.38. The average Bonchev–Trinajstić information content (AvgIpc) is 2.73. The maximum absolute atomic E-state index is 11.1. The Morgan fingerprint density at radius 1 is 1.19 bits per heavy atom. The lowest BCUT2D eigenvalue weighted by Gasteiger charge is -2.41. The van der Waals surface area contributed by atoms with Gasteiger partial charge in [0.25, 0.3) is 10.2 Å². The Hall–Kier alpha value is -2.17. The molecule has 0 amide bonds. The molecule has 32 heavy (non-hydrogen) atoms. The lowest BCUT2D eigenvalue weighted by atomic mass is 9.95. The summed E-state index contributed by atoms with van der Waals surface area (Å²) < 4.78 is 35.5. The fourth-order valence-corrected chi connectivity index (χ4v) is 4.58. The first kappa shape index (κ1) is 24.5. The summed E-state index contributed by atoms with van der Waals surface area (Å²) in [5.41, 5.74) is 0.844. The van der Waals surface area contributed by atoms with E-state index in [4.69, 9.17) is 24.6 Å². The minimum atomic E-state index is -3.65. The smallest absolute Gasteiger partial charge is 0.274 e. The molecule has 1 fully saturated rings. The van der Waals surface area contributed by atoms with Crippen LogP contribution < -0.4 is 24.2 Å². The van der Waals surface area contributed by atoms with Gasteiger partial charge in [-0.3, -0.25) is 0 Å². The number of benzene rings is 1.